The lowest BCUT2D eigenvalue weighted by molar-refractivity contribution is -0.277. The van der Waals surface area contributed by atoms with Gasteiger partial charge >= 0.3 is 5.97 Å². The van der Waals surface area contributed by atoms with E-state index in [1.165, 1.54) is 30.3 Å². The number of rotatable bonds is 5. The summed E-state index contributed by atoms with van der Waals surface area (Å²) in [6.45, 7) is 0.0478. The van der Waals surface area contributed by atoms with Gasteiger partial charge in [-0.1, -0.05) is 6.07 Å². The number of aliphatic hydroxyl groups is 4. The van der Waals surface area contributed by atoms with Gasteiger partial charge in [0.25, 0.3) is 0 Å². The molecule has 2 aromatic carbocycles. The van der Waals surface area contributed by atoms with Crippen molar-refractivity contribution >= 4 is 16.9 Å². The number of fused-ring (bicyclic) bond motifs is 2. The monoisotopic (exact) mass is 502 g/mol. The molecule has 12 heteroatoms. The largest absolute Gasteiger partial charge is 0.486 e. The predicted octanol–water partition coefficient (Wildman–Crippen LogP) is 0.108. The first-order valence-electron chi connectivity index (χ1n) is 11.0. The first-order chi connectivity index (χ1) is 17.3. The van der Waals surface area contributed by atoms with Crippen molar-refractivity contribution in [3.63, 3.8) is 0 Å². The third-order valence-corrected chi connectivity index (χ3v) is 5.99. The zero-order valence-corrected chi connectivity index (χ0v) is 18.6. The van der Waals surface area contributed by atoms with E-state index in [1.54, 1.807) is 6.07 Å². The second kappa shape index (κ2) is 9.41. The summed E-state index contributed by atoms with van der Waals surface area (Å²) in [5, 5.41) is 49.2. The van der Waals surface area contributed by atoms with E-state index >= 15 is 0 Å². The molecule has 1 aromatic heterocycles. The molecule has 1 saturated heterocycles. The van der Waals surface area contributed by atoms with Crippen LogP contribution in [-0.2, 0) is 4.74 Å². The normalized spacial score (nSPS) is 25.5. The molecule has 5 unspecified atom stereocenters. The maximum atomic E-state index is 13.3. The molecule has 2 aliphatic rings. The van der Waals surface area contributed by atoms with Gasteiger partial charge in [-0.2, -0.15) is 0 Å². The number of ether oxygens (including phenoxy) is 4. The molecule has 0 amide bonds. The Morgan fingerprint density at radius 2 is 1.72 bits per heavy atom. The molecule has 5 atom stereocenters. The van der Waals surface area contributed by atoms with E-state index in [0.717, 1.165) is 0 Å². The number of carbonyl (C=O) groups is 1. The molecule has 1 fully saturated rings. The molecule has 5 rings (SSSR count). The minimum Gasteiger partial charge on any atom is -0.486 e. The Hall–Kier alpha value is -3.68. The Balaban J connectivity index is 1.53. The lowest BCUT2D eigenvalue weighted by Crippen LogP contribution is -2.60. The first kappa shape index (κ1) is 24.0. The summed E-state index contributed by atoms with van der Waals surface area (Å²) >= 11 is 0. The highest BCUT2D eigenvalue weighted by Crippen LogP contribution is 2.36. The average molecular weight is 502 g/mol. The molecular formula is C24H22O12. The molecule has 0 aliphatic carbocycles. The van der Waals surface area contributed by atoms with Gasteiger partial charge in [0.1, 0.15) is 49.0 Å². The van der Waals surface area contributed by atoms with E-state index in [0.29, 0.717) is 24.7 Å². The summed E-state index contributed by atoms with van der Waals surface area (Å²) in [5.74, 6) is -1.22. The van der Waals surface area contributed by atoms with E-state index in [-0.39, 0.29) is 27.8 Å². The van der Waals surface area contributed by atoms with Gasteiger partial charge in [-0.25, -0.2) is 4.79 Å². The molecule has 0 radical (unpaired) electrons. The van der Waals surface area contributed by atoms with Gasteiger partial charge < -0.3 is 48.9 Å². The minimum absolute atomic E-state index is 0.0124. The van der Waals surface area contributed by atoms with Crippen molar-refractivity contribution in [2.24, 2.45) is 0 Å². The van der Waals surface area contributed by atoms with Crippen molar-refractivity contribution < 1.29 is 53.7 Å². The highest BCUT2D eigenvalue weighted by atomic mass is 16.7. The fourth-order valence-corrected chi connectivity index (χ4v) is 4.16. The molecule has 12 nitrogen and oxygen atoms in total. The standard InChI is InChI=1S/C24H22O12/c25-9-16-19(27)20(28)21(29)24(36-16)34-11-2-3-12-14(8-11)35-22(23(30)31)17(18(12)26)10-1-4-13-15(7-10)33-6-5-32-13/h1-4,7-8,16,19-21,24-25,27-29H,5-6,9H2,(H,30,31). The third-order valence-electron chi connectivity index (χ3n) is 5.99. The number of hydrogen-bond acceptors (Lipinski definition) is 11. The Kier molecular flexibility index (Phi) is 6.28. The van der Waals surface area contributed by atoms with Crippen molar-refractivity contribution in [3.05, 3.63) is 52.4 Å². The van der Waals surface area contributed by atoms with Crippen molar-refractivity contribution in [2.45, 2.75) is 30.7 Å². The highest BCUT2D eigenvalue weighted by molar-refractivity contribution is 5.97. The molecule has 0 bridgehead atoms. The van der Waals surface area contributed by atoms with Crippen LogP contribution in [0.4, 0.5) is 0 Å². The van der Waals surface area contributed by atoms with Crippen LogP contribution in [0.3, 0.4) is 0 Å². The number of aliphatic hydroxyl groups excluding tert-OH is 4. The molecule has 3 heterocycles. The van der Waals surface area contributed by atoms with Crippen molar-refractivity contribution in [2.75, 3.05) is 19.8 Å². The number of carboxylic acids is 1. The van der Waals surface area contributed by atoms with Gasteiger partial charge in [0.05, 0.1) is 17.6 Å². The van der Waals surface area contributed by atoms with Gasteiger partial charge in [0.2, 0.25) is 17.5 Å². The quantitative estimate of drug-likeness (QED) is 0.318. The van der Waals surface area contributed by atoms with E-state index < -0.39 is 54.5 Å². The molecule has 0 saturated carbocycles. The van der Waals surface area contributed by atoms with Crippen LogP contribution in [0, 0.1) is 0 Å². The van der Waals surface area contributed by atoms with Crippen LogP contribution in [0.25, 0.3) is 22.1 Å². The Morgan fingerprint density at radius 1 is 0.972 bits per heavy atom. The predicted molar refractivity (Wildman–Crippen MR) is 120 cm³/mol. The minimum atomic E-state index is -1.65. The summed E-state index contributed by atoms with van der Waals surface area (Å²) in [6, 6.07) is 8.58. The maximum absolute atomic E-state index is 13.3. The lowest BCUT2D eigenvalue weighted by Gasteiger charge is -2.39. The van der Waals surface area contributed by atoms with Gasteiger partial charge in [0, 0.05) is 6.07 Å². The average Bonchev–Trinajstić information content (AvgIpc) is 2.88. The molecule has 0 spiro atoms. The summed E-state index contributed by atoms with van der Waals surface area (Å²) in [5.41, 5.74) is -0.617. The van der Waals surface area contributed by atoms with Crippen molar-refractivity contribution in [1.29, 1.82) is 0 Å². The topological polar surface area (TPSA) is 185 Å². The number of hydrogen-bond donors (Lipinski definition) is 5. The Morgan fingerprint density at radius 3 is 2.44 bits per heavy atom. The van der Waals surface area contributed by atoms with Crippen LogP contribution in [0.1, 0.15) is 10.6 Å². The molecule has 2 aliphatic heterocycles. The van der Waals surface area contributed by atoms with E-state index in [2.05, 4.69) is 0 Å². The van der Waals surface area contributed by atoms with Crippen LogP contribution >= 0.6 is 0 Å². The smallest absolute Gasteiger partial charge is 0.372 e. The van der Waals surface area contributed by atoms with E-state index in [9.17, 15) is 35.1 Å². The second-order valence-electron chi connectivity index (χ2n) is 8.27. The summed E-state index contributed by atoms with van der Waals surface area (Å²) < 4.78 is 27.5. The highest BCUT2D eigenvalue weighted by Gasteiger charge is 2.44. The maximum Gasteiger partial charge on any atom is 0.372 e. The molecule has 5 N–H and O–H groups in total. The van der Waals surface area contributed by atoms with Crippen LogP contribution in [-0.4, -0.2) is 82.0 Å². The second-order valence-corrected chi connectivity index (χ2v) is 8.27. The van der Waals surface area contributed by atoms with E-state index in [1.807, 2.05) is 0 Å². The third kappa shape index (κ3) is 4.14. The van der Waals surface area contributed by atoms with Crippen molar-refractivity contribution in [3.8, 4) is 28.4 Å². The van der Waals surface area contributed by atoms with Crippen LogP contribution in [0.2, 0.25) is 0 Å². The fourth-order valence-electron chi connectivity index (χ4n) is 4.16. The van der Waals surface area contributed by atoms with Crippen LogP contribution < -0.4 is 19.6 Å². The summed E-state index contributed by atoms with van der Waals surface area (Å²) in [4.78, 5) is 25.4. The van der Waals surface area contributed by atoms with Gasteiger partial charge in [0.15, 0.2) is 11.5 Å². The molecule has 36 heavy (non-hydrogen) atoms. The lowest BCUT2D eigenvalue weighted by atomic mass is 9.99. The number of benzene rings is 2. The Bertz CT molecular complexity index is 1360. The molecule has 3 aromatic rings. The fraction of sp³-hybridized carbons (Fsp3) is 0.333. The van der Waals surface area contributed by atoms with E-state index in [4.69, 9.17) is 23.4 Å². The van der Waals surface area contributed by atoms with Gasteiger partial charge in [-0.05, 0) is 29.8 Å². The molecular weight excluding hydrogens is 480 g/mol. The first-order valence-corrected chi connectivity index (χ1v) is 11.0. The zero-order chi connectivity index (χ0) is 25.6. The van der Waals surface area contributed by atoms with Gasteiger partial charge in [-0.15, -0.1) is 0 Å². The van der Waals surface area contributed by atoms with Crippen LogP contribution in [0.15, 0.2) is 45.6 Å². The number of carboxylic acid groups (broad SMARTS) is 1. The zero-order valence-electron chi connectivity index (χ0n) is 18.6. The number of aromatic carboxylic acids is 1. The Labute approximate surface area is 202 Å². The SMILES string of the molecule is O=C(O)c1oc2cc(OC3OC(CO)C(O)C(O)C3O)ccc2c(=O)c1-c1ccc2c(c1)OCCO2. The molecule has 190 valence electrons. The van der Waals surface area contributed by atoms with Gasteiger partial charge in [-0.3, -0.25) is 4.79 Å². The van der Waals surface area contributed by atoms with Crippen LogP contribution in [0.5, 0.6) is 17.2 Å². The summed E-state index contributed by atoms with van der Waals surface area (Å²) in [7, 11) is 0. The summed E-state index contributed by atoms with van der Waals surface area (Å²) in [6.07, 6.45) is -7.51. The van der Waals surface area contributed by atoms with Crippen molar-refractivity contribution in [1.82, 2.24) is 0 Å².